The summed E-state index contributed by atoms with van der Waals surface area (Å²) < 4.78 is 5.11. The summed E-state index contributed by atoms with van der Waals surface area (Å²) >= 11 is 0. The maximum atomic E-state index is 11.9. The van der Waals surface area contributed by atoms with Crippen LogP contribution in [0.1, 0.15) is 67.6 Å². The van der Waals surface area contributed by atoms with Gasteiger partial charge >= 0.3 is 11.6 Å². The van der Waals surface area contributed by atoms with Crippen molar-refractivity contribution >= 4 is 16.9 Å². The first-order chi connectivity index (χ1) is 13.9. The number of hydrogen-bond acceptors (Lipinski definition) is 4. The molecule has 30 heavy (non-hydrogen) atoms. The molecule has 0 spiro atoms. The van der Waals surface area contributed by atoms with Crippen LogP contribution in [0.4, 0.5) is 0 Å². The van der Waals surface area contributed by atoms with Gasteiger partial charge in [-0.1, -0.05) is 33.8 Å². The molecule has 2 aromatic carbocycles. The van der Waals surface area contributed by atoms with E-state index in [1.54, 1.807) is 6.07 Å². The molecule has 1 aliphatic rings. The van der Waals surface area contributed by atoms with E-state index in [0.29, 0.717) is 10.9 Å². The highest BCUT2D eigenvalue weighted by molar-refractivity contribution is 5.94. The first-order valence-corrected chi connectivity index (χ1v) is 10.1. The Morgan fingerprint density at radius 3 is 2.13 bits per heavy atom. The molecule has 4 rings (SSSR count). The van der Waals surface area contributed by atoms with E-state index in [2.05, 4.69) is 39.8 Å². The maximum Gasteiger partial charge on any atom is 0.351 e. The summed E-state index contributed by atoms with van der Waals surface area (Å²) in [5, 5.41) is 20.4. The summed E-state index contributed by atoms with van der Waals surface area (Å²) in [6.45, 7) is 11.0. The van der Waals surface area contributed by atoms with Crippen molar-refractivity contribution in [1.29, 1.82) is 0 Å². The van der Waals surface area contributed by atoms with Crippen LogP contribution in [0.25, 0.3) is 22.1 Å². The Bertz CT molecular complexity index is 1260. The normalized spacial score (nSPS) is 17.0. The first-order valence-electron chi connectivity index (χ1n) is 10.1. The van der Waals surface area contributed by atoms with Crippen molar-refractivity contribution in [3.8, 4) is 16.9 Å². The molecule has 0 bridgehead atoms. The Hall–Kier alpha value is -3.08. The van der Waals surface area contributed by atoms with Gasteiger partial charge in [-0.15, -0.1) is 0 Å². The molecule has 1 heterocycles. The molecule has 0 aliphatic heterocycles. The molecule has 0 fully saturated rings. The summed E-state index contributed by atoms with van der Waals surface area (Å²) in [7, 11) is 0. The monoisotopic (exact) mass is 406 g/mol. The minimum absolute atomic E-state index is 0.00958. The Morgan fingerprint density at radius 2 is 1.53 bits per heavy atom. The Balaban J connectivity index is 1.99. The second-order valence-electron chi connectivity index (χ2n) is 9.64. The number of carbonyl (C=O) groups is 1. The van der Waals surface area contributed by atoms with Gasteiger partial charge in [-0.05, 0) is 71.0 Å². The zero-order valence-corrected chi connectivity index (χ0v) is 17.9. The number of hydrogen-bond donors (Lipinski definition) is 2. The lowest BCUT2D eigenvalue weighted by atomic mass is 9.62. The van der Waals surface area contributed by atoms with Crippen molar-refractivity contribution < 1.29 is 19.4 Å². The van der Waals surface area contributed by atoms with E-state index in [4.69, 9.17) is 4.42 Å². The fourth-order valence-electron chi connectivity index (χ4n) is 4.53. The zero-order valence-electron chi connectivity index (χ0n) is 17.9. The van der Waals surface area contributed by atoms with Crippen LogP contribution in [-0.2, 0) is 10.8 Å². The third-order valence-corrected chi connectivity index (χ3v) is 6.57. The van der Waals surface area contributed by atoms with Crippen LogP contribution >= 0.6 is 0 Å². The zero-order chi connectivity index (χ0) is 22.0. The number of rotatable bonds is 2. The minimum atomic E-state index is -1.34. The van der Waals surface area contributed by atoms with Crippen LogP contribution in [0.15, 0.2) is 39.5 Å². The Morgan fingerprint density at radius 1 is 0.933 bits per heavy atom. The van der Waals surface area contributed by atoms with Crippen molar-refractivity contribution in [3.63, 3.8) is 0 Å². The van der Waals surface area contributed by atoms with Crippen molar-refractivity contribution in [3.05, 3.63) is 63.0 Å². The molecule has 5 heteroatoms. The lowest BCUT2D eigenvalue weighted by Crippen LogP contribution is -2.34. The fraction of sp³-hybridized carbons (Fsp3) is 0.360. The van der Waals surface area contributed by atoms with E-state index < -0.39 is 17.2 Å². The Kier molecular flexibility index (Phi) is 4.35. The minimum Gasteiger partial charge on any atom is -0.507 e. The van der Waals surface area contributed by atoms with E-state index in [-0.39, 0.29) is 22.2 Å². The van der Waals surface area contributed by atoms with Crippen LogP contribution in [-0.4, -0.2) is 16.2 Å². The standard InChI is InChI=1S/C25H26O5/c1-13-8-18-19(25(4,5)7-6-24(18,2)3)11-15(13)16-9-14-10-17(22(27)28)23(29)30-21(14)12-20(16)26/h8-12,26H,6-7H2,1-5H3,(H,27,28). The van der Waals surface area contributed by atoms with Crippen LogP contribution in [0.3, 0.4) is 0 Å². The van der Waals surface area contributed by atoms with Crippen molar-refractivity contribution in [2.24, 2.45) is 0 Å². The van der Waals surface area contributed by atoms with Gasteiger partial charge in [0, 0.05) is 17.0 Å². The smallest absolute Gasteiger partial charge is 0.351 e. The molecule has 3 aromatic rings. The molecule has 0 radical (unpaired) electrons. The van der Waals surface area contributed by atoms with Gasteiger partial charge in [-0.2, -0.15) is 0 Å². The van der Waals surface area contributed by atoms with E-state index >= 15 is 0 Å². The van der Waals surface area contributed by atoms with Gasteiger partial charge in [0.25, 0.3) is 0 Å². The van der Waals surface area contributed by atoms with E-state index in [1.807, 2.05) is 6.92 Å². The third kappa shape index (κ3) is 3.09. The Labute approximate surface area is 175 Å². The van der Waals surface area contributed by atoms with Crippen molar-refractivity contribution in [2.45, 2.75) is 58.3 Å². The predicted octanol–water partition coefficient (Wildman–Crippen LogP) is 5.52. The van der Waals surface area contributed by atoms with Crippen molar-refractivity contribution in [2.75, 3.05) is 0 Å². The summed E-state index contributed by atoms with van der Waals surface area (Å²) in [6, 6.07) is 8.74. The average Bonchev–Trinajstić information content (AvgIpc) is 2.64. The topological polar surface area (TPSA) is 87.7 Å². The highest BCUT2D eigenvalue weighted by atomic mass is 16.4. The lowest BCUT2D eigenvalue weighted by molar-refractivity contribution is 0.0692. The van der Waals surface area contributed by atoms with Gasteiger partial charge in [0.05, 0.1) is 0 Å². The molecule has 1 aromatic heterocycles. The molecule has 0 unspecified atom stereocenters. The molecule has 0 saturated carbocycles. The van der Waals surface area contributed by atoms with Gasteiger partial charge in [-0.3, -0.25) is 0 Å². The number of aromatic carboxylic acids is 1. The lowest BCUT2D eigenvalue weighted by Gasteiger charge is -2.42. The second kappa shape index (κ2) is 6.46. The second-order valence-corrected chi connectivity index (χ2v) is 9.64. The van der Waals surface area contributed by atoms with Gasteiger partial charge < -0.3 is 14.6 Å². The average molecular weight is 406 g/mol. The number of carboxylic acid groups (broad SMARTS) is 1. The number of aryl methyl sites for hydroxylation is 1. The number of benzene rings is 2. The van der Waals surface area contributed by atoms with E-state index in [0.717, 1.165) is 24.0 Å². The predicted molar refractivity (Wildman–Crippen MR) is 117 cm³/mol. The van der Waals surface area contributed by atoms with Crippen LogP contribution in [0.5, 0.6) is 5.75 Å². The molecule has 0 saturated heterocycles. The summed E-state index contributed by atoms with van der Waals surface area (Å²) in [5.41, 5.74) is 4.01. The molecule has 1 aliphatic carbocycles. The van der Waals surface area contributed by atoms with Crippen LogP contribution in [0, 0.1) is 6.92 Å². The highest BCUT2D eigenvalue weighted by Gasteiger charge is 2.37. The van der Waals surface area contributed by atoms with Crippen LogP contribution in [0.2, 0.25) is 0 Å². The molecule has 5 nitrogen and oxygen atoms in total. The van der Waals surface area contributed by atoms with E-state index in [1.165, 1.54) is 23.3 Å². The first kappa shape index (κ1) is 20.2. The van der Waals surface area contributed by atoms with Crippen LogP contribution < -0.4 is 5.63 Å². The molecule has 156 valence electrons. The van der Waals surface area contributed by atoms with Gasteiger partial charge in [0.2, 0.25) is 0 Å². The van der Waals surface area contributed by atoms with Gasteiger partial charge in [-0.25, -0.2) is 9.59 Å². The quantitative estimate of drug-likeness (QED) is 0.547. The number of aromatic hydroxyl groups is 1. The number of carboxylic acids is 1. The SMILES string of the molecule is Cc1cc2c(cc1-c1cc3cc(C(=O)O)c(=O)oc3cc1O)C(C)(C)CCC2(C)C. The third-order valence-electron chi connectivity index (χ3n) is 6.57. The van der Waals surface area contributed by atoms with E-state index in [9.17, 15) is 19.8 Å². The van der Waals surface area contributed by atoms with Gasteiger partial charge in [0.1, 0.15) is 16.9 Å². The maximum absolute atomic E-state index is 11.9. The molecular formula is C25H26O5. The number of fused-ring (bicyclic) bond motifs is 2. The molecule has 2 N–H and O–H groups in total. The molecular weight excluding hydrogens is 380 g/mol. The van der Waals surface area contributed by atoms with Gasteiger partial charge in [0.15, 0.2) is 0 Å². The largest absolute Gasteiger partial charge is 0.507 e. The molecule has 0 amide bonds. The summed E-state index contributed by atoms with van der Waals surface area (Å²) in [5.74, 6) is -1.35. The van der Waals surface area contributed by atoms with Crippen molar-refractivity contribution in [1.82, 2.24) is 0 Å². The molecule has 0 atom stereocenters. The summed E-state index contributed by atoms with van der Waals surface area (Å²) in [6.07, 6.45) is 2.19. The fourth-order valence-corrected chi connectivity index (χ4v) is 4.53. The highest BCUT2D eigenvalue weighted by Crippen LogP contribution is 2.48. The summed E-state index contributed by atoms with van der Waals surface area (Å²) in [4.78, 5) is 23.2. The number of phenols is 1. The number of phenolic OH excluding ortho intramolecular Hbond substituents is 1.